The lowest BCUT2D eigenvalue weighted by Gasteiger charge is -2.21. The molecule has 1 heterocycles. The molecule has 1 aromatic rings. The quantitative estimate of drug-likeness (QED) is 0.775. The van der Waals surface area contributed by atoms with Crippen molar-refractivity contribution in [1.82, 2.24) is 5.16 Å². The van der Waals surface area contributed by atoms with Crippen molar-refractivity contribution in [3.8, 4) is 0 Å². The molecule has 0 amide bonds. The Morgan fingerprint density at radius 2 is 2.00 bits per heavy atom. The van der Waals surface area contributed by atoms with Gasteiger partial charge in [-0.05, 0) is 32.2 Å². The van der Waals surface area contributed by atoms with Gasteiger partial charge in [0, 0.05) is 5.56 Å². The first kappa shape index (κ1) is 10.3. The fourth-order valence-corrected chi connectivity index (χ4v) is 1.30. The lowest BCUT2D eigenvalue weighted by atomic mass is 9.85. The van der Waals surface area contributed by atoms with Crippen LogP contribution in [0.1, 0.15) is 30.9 Å². The highest BCUT2D eigenvalue weighted by molar-refractivity contribution is 5.22. The number of hydrogen-bond acceptors (Lipinski definition) is 3. The van der Waals surface area contributed by atoms with E-state index in [-0.39, 0.29) is 5.41 Å². The summed E-state index contributed by atoms with van der Waals surface area (Å²) in [7, 11) is 0. The first-order valence-electron chi connectivity index (χ1n) is 4.58. The molecule has 1 aromatic heterocycles. The summed E-state index contributed by atoms with van der Waals surface area (Å²) < 4.78 is 5.09. The Balaban J connectivity index is 2.85. The van der Waals surface area contributed by atoms with Crippen LogP contribution in [0.4, 0.5) is 0 Å². The SMILES string of the molecule is Cc1noc(C)c1CC(C)(C)CN. The van der Waals surface area contributed by atoms with E-state index in [1.54, 1.807) is 0 Å². The number of nitrogens with two attached hydrogens (primary N) is 1. The van der Waals surface area contributed by atoms with E-state index in [0.717, 1.165) is 17.9 Å². The van der Waals surface area contributed by atoms with Crippen LogP contribution in [0.2, 0.25) is 0 Å². The number of aryl methyl sites for hydroxylation is 2. The molecule has 0 fully saturated rings. The van der Waals surface area contributed by atoms with Gasteiger partial charge in [-0.25, -0.2) is 0 Å². The Hall–Kier alpha value is -0.830. The fraction of sp³-hybridized carbons (Fsp3) is 0.700. The van der Waals surface area contributed by atoms with Crippen LogP contribution in [-0.2, 0) is 6.42 Å². The molecule has 0 saturated heterocycles. The molecule has 3 nitrogen and oxygen atoms in total. The van der Waals surface area contributed by atoms with Crippen molar-refractivity contribution >= 4 is 0 Å². The molecule has 0 aliphatic rings. The van der Waals surface area contributed by atoms with E-state index in [9.17, 15) is 0 Å². The zero-order valence-electron chi connectivity index (χ0n) is 8.85. The van der Waals surface area contributed by atoms with Gasteiger partial charge in [0.25, 0.3) is 0 Å². The van der Waals surface area contributed by atoms with Crippen LogP contribution in [0.5, 0.6) is 0 Å². The van der Waals surface area contributed by atoms with Gasteiger partial charge in [-0.2, -0.15) is 0 Å². The monoisotopic (exact) mass is 182 g/mol. The van der Waals surface area contributed by atoms with Gasteiger partial charge in [0.1, 0.15) is 5.76 Å². The predicted molar refractivity (Wildman–Crippen MR) is 52.5 cm³/mol. The summed E-state index contributed by atoms with van der Waals surface area (Å²) in [4.78, 5) is 0. The normalized spacial score (nSPS) is 12.1. The van der Waals surface area contributed by atoms with E-state index < -0.39 is 0 Å². The van der Waals surface area contributed by atoms with Crippen LogP contribution in [0, 0.1) is 19.3 Å². The number of nitrogens with zero attached hydrogens (tertiary/aromatic N) is 1. The van der Waals surface area contributed by atoms with Crippen LogP contribution in [-0.4, -0.2) is 11.7 Å². The molecule has 0 aliphatic heterocycles. The van der Waals surface area contributed by atoms with Crippen molar-refractivity contribution in [3.63, 3.8) is 0 Å². The summed E-state index contributed by atoms with van der Waals surface area (Å²) in [6.07, 6.45) is 0.935. The second-order valence-electron chi connectivity index (χ2n) is 4.35. The molecule has 0 aromatic carbocycles. The Labute approximate surface area is 79.3 Å². The third-order valence-electron chi connectivity index (χ3n) is 2.39. The van der Waals surface area contributed by atoms with E-state index in [0.29, 0.717) is 6.54 Å². The van der Waals surface area contributed by atoms with Crippen molar-refractivity contribution in [3.05, 3.63) is 17.0 Å². The minimum atomic E-state index is 0.126. The molecule has 0 unspecified atom stereocenters. The Morgan fingerprint density at radius 1 is 1.38 bits per heavy atom. The summed E-state index contributed by atoms with van der Waals surface area (Å²) in [5.74, 6) is 0.916. The maximum absolute atomic E-state index is 5.67. The van der Waals surface area contributed by atoms with Gasteiger partial charge in [-0.3, -0.25) is 0 Å². The summed E-state index contributed by atoms with van der Waals surface area (Å²) in [6.45, 7) is 8.90. The summed E-state index contributed by atoms with van der Waals surface area (Å²) in [5.41, 5.74) is 7.99. The zero-order chi connectivity index (χ0) is 10.1. The number of rotatable bonds is 3. The topological polar surface area (TPSA) is 52.0 Å². The second-order valence-corrected chi connectivity index (χ2v) is 4.35. The predicted octanol–water partition coefficient (Wildman–Crippen LogP) is 1.82. The van der Waals surface area contributed by atoms with Crippen molar-refractivity contribution in [2.75, 3.05) is 6.54 Å². The minimum Gasteiger partial charge on any atom is -0.361 e. The number of aromatic nitrogens is 1. The van der Waals surface area contributed by atoms with Crippen molar-refractivity contribution in [1.29, 1.82) is 0 Å². The molecule has 0 aliphatic carbocycles. The first-order valence-corrected chi connectivity index (χ1v) is 4.58. The van der Waals surface area contributed by atoms with Gasteiger partial charge in [-0.15, -0.1) is 0 Å². The summed E-state index contributed by atoms with van der Waals surface area (Å²) in [5, 5.41) is 3.92. The molecule has 0 spiro atoms. The van der Waals surface area contributed by atoms with E-state index in [4.69, 9.17) is 10.3 Å². The lowest BCUT2D eigenvalue weighted by molar-refractivity contribution is 0.366. The van der Waals surface area contributed by atoms with Crippen molar-refractivity contribution in [2.24, 2.45) is 11.1 Å². The minimum absolute atomic E-state index is 0.126. The average Bonchev–Trinajstić information content (AvgIpc) is 2.36. The second kappa shape index (κ2) is 3.50. The molecule has 2 N–H and O–H groups in total. The molecule has 0 atom stereocenters. The molecular weight excluding hydrogens is 164 g/mol. The van der Waals surface area contributed by atoms with Crippen molar-refractivity contribution < 1.29 is 4.52 Å². The van der Waals surface area contributed by atoms with Crippen LogP contribution in [0.25, 0.3) is 0 Å². The summed E-state index contributed by atoms with van der Waals surface area (Å²) >= 11 is 0. The van der Waals surface area contributed by atoms with Gasteiger partial charge in [0.15, 0.2) is 0 Å². The largest absolute Gasteiger partial charge is 0.361 e. The zero-order valence-corrected chi connectivity index (χ0v) is 8.85. The Kier molecular flexibility index (Phi) is 2.76. The number of hydrogen-bond donors (Lipinski definition) is 1. The van der Waals surface area contributed by atoms with Gasteiger partial charge in [0.05, 0.1) is 5.69 Å². The van der Waals surface area contributed by atoms with E-state index in [2.05, 4.69) is 19.0 Å². The van der Waals surface area contributed by atoms with Crippen LogP contribution in [0.15, 0.2) is 4.52 Å². The Morgan fingerprint density at radius 3 is 2.38 bits per heavy atom. The Bertz CT molecular complexity index is 270. The molecule has 0 saturated carbocycles. The highest BCUT2D eigenvalue weighted by Crippen LogP contribution is 2.24. The maximum Gasteiger partial charge on any atom is 0.137 e. The van der Waals surface area contributed by atoms with E-state index in [1.165, 1.54) is 5.56 Å². The molecule has 3 heteroatoms. The van der Waals surface area contributed by atoms with E-state index in [1.807, 2.05) is 13.8 Å². The average molecular weight is 182 g/mol. The third-order valence-corrected chi connectivity index (χ3v) is 2.39. The fourth-order valence-electron chi connectivity index (χ4n) is 1.30. The molecule has 0 bridgehead atoms. The maximum atomic E-state index is 5.67. The molecule has 13 heavy (non-hydrogen) atoms. The highest BCUT2D eigenvalue weighted by Gasteiger charge is 2.20. The van der Waals surface area contributed by atoms with Gasteiger partial charge in [0.2, 0.25) is 0 Å². The summed E-state index contributed by atoms with van der Waals surface area (Å²) in [6, 6.07) is 0. The third kappa shape index (κ3) is 2.31. The van der Waals surface area contributed by atoms with Gasteiger partial charge < -0.3 is 10.3 Å². The van der Waals surface area contributed by atoms with Gasteiger partial charge >= 0.3 is 0 Å². The standard InChI is InChI=1S/C10H18N2O/c1-7-9(8(2)13-12-7)5-10(3,4)6-11/h5-6,11H2,1-4H3. The molecule has 0 radical (unpaired) electrons. The smallest absolute Gasteiger partial charge is 0.137 e. The molecule has 74 valence electrons. The van der Waals surface area contributed by atoms with Crippen LogP contribution in [0.3, 0.4) is 0 Å². The van der Waals surface area contributed by atoms with Crippen LogP contribution < -0.4 is 5.73 Å². The highest BCUT2D eigenvalue weighted by atomic mass is 16.5. The van der Waals surface area contributed by atoms with E-state index >= 15 is 0 Å². The van der Waals surface area contributed by atoms with Crippen LogP contribution >= 0.6 is 0 Å². The lowest BCUT2D eigenvalue weighted by Crippen LogP contribution is -2.26. The first-order chi connectivity index (χ1) is 5.96. The molecular formula is C10H18N2O. The molecule has 1 rings (SSSR count). The van der Waals surface area contributed by atoms with Gasteiger partial charge in [-0.1, -0.05) is 19.0 Å². The van der Waals surface area contributed by atoms with Crippen molar-refractivity contribution in [2.45, 2.75) is 34.1 Å².